The minimum absolute atomic E-state index is 0. The number of carbonyl (C=O) groups is 1. The van der Waals surface area contributed by atoms with Crippen molar-refractivity contribution in [3.63, 3.8) is 0 Å². The van der Waals surface area contributed by atoms with E-state index in [1.807, 2.05) is 6.92 Å². The zero-order valence-electron chi connectivity index (χ0n) is 6.05. The Morgan fingerprint density at radius 1 is 1.70 bits per heavy atom. The number of hydrogen-bond acceptors (Lipinski definition) is 3. The van der Waals surface area contributed by atoms with Gasteiger partial charge in [0.15, 0.2) is 0 Å². The summed E-state index contributed by atoms with van der Waals surface area (Å²) in [6.07, 6.45) is 0. The van der Waals surface area contributed by atoms with Crippen LogP contribution in [0.5, 0.6) is 0 Å². The van der Waals surface area contributed by atoms with Gasteiger partial charge < -0.3 is 5.11 Å². The molecule has 0 bridgehead atoms. The first-order valence-corrected chi connectivity index (χ1v) is 2.89. The second-order valence-corrected chi connectivity index (χ2v) is 1.73. The van der Waals surface area contributed by atoms with Crippen molar-refractivity contribution in [2.24, 2.45) is 0 Å². The van der Waals surface area contributed by atoms with Gasteiger partial charge in [-0.05, 0) is 6.92 Å². The zero-order chi connectivity index (χ0) is 7.28. The highest BCUT2D eigenvalue weighted by Gasteiger charge is 2.06. The third-order valence-corrected chi connectivity index (χ3v) is 0.866. The Bertz CT molecular complexity index is 99.6. The minimum atomic E-state index is -0.851. The molecule has 3 N–H and O–H groups in total. The summed E-state index contributed by atoms with van der Waals surface area (Å²) in [4.78, 5) is 10.1. The van der Waals surface area contributed by atoms with Crippen LogP contribution in [0.2, 0.25) is 0 Å². The Labute approximate surface area is 66.4 Å². The normalized spacial score (nSPS) is 11.8. The lowest BCUT2D eigenvalue weighted by Gasteiger charge is -2.07. The van der Waals surface area contributed by atoms with E-state index in [0.717, 1.165) is 6.54 Å². The van der Waals surface area contributed by atoms with Crippen molar-refractivity contribution in [3.8, 4) is 0 Å². The van der Waals surface area contributed by atoms with Crippen LogP contribution in [0.25, 0.3) is 0 Å². The van der Waals surface area contributed by atoms with E-state index in [1.165, 1.54) is 0 Å². The van der Waals surface area contributed by atoms with Gasteiger partial charge >= 0.3 is 5.97 Å². The Hall–Kier alpha value is -0.320. The van der Waals surface area contributed by atoms with Crippen LogP contribution in [0.1, 0.15) is 13.8 Å². The Morgan fingerprint density at radius 3 is 2.50 bits per heavy atom. The number of aliphatic carboxylic acids is 1. The van der Waals surface area contributed by atoms with Crippen molar-refractivity contribution in [1.82, 2.24) is 10.9 Å². The lowest BCUT2D eigenvalue weighted by molar-refractivity contribution is -0.139. The fourth-order valence-corrected chi connectivity index (χ4v) is 0.317. The fourth-order valence-electron chi connectivity index (χ4n) is 0.317. The maximum absolute atomic E-state index is 10.1. The topological polar surface area (TPSA) is 61.4 Å². The first-order valence-electron chi connectivity index (χ1n) is 2.89. The molecule has 62 valence electrons. The van der Waals surface area contributed by atoms with Gasteiger partial charge in [-0.3, -0.25) is 10.2 Å². The van der Waals surface area contributed by atoms with E-state index in [0.29, 0.717) is 0 Å². The highest BCUT2D eigenvalue weighted by Crippen LogP contribution is 1.75. The molecule has 10 heavy (non-hydrogen) atoms. The van der Waals surface area contributed by atoms with Gasteiger partial charge in [0.25, 0.3) is 0 Å². The van der Waals surface area contributed by atoms with E-state index in [4.69, 9.17) is 5.11 Å². The summed E-state index contributed by atoms with van der Waals surface area (Å²) in [5, 5.41) is 8.31. The predicted octanol–water partition coefficient (Wildman–Crippen LogP) is -0.00460. The van der Waals surface area contributed by atoms with Gasteiger partial charge in [0.05, 0.1) is 0 Å². The Morgan fingerprint density at radius 2 is 2.20 bits per heavy atom. The zero-order valence-corrected chi connectivity index (χ0v) is 6.86. The maximum atomic E-state index is 10.1. The monoisotopic (exact) mass is 168 g/mol. The minimum Gasteiger partial charge on any atom is -0.480 e. The van der Waals surface area contributed by atoms with E-state index >= 15 is 0 Å². The molecule has 0 fully saturated rings. The van der Waals surface area contributed by atoms with Crippen LogP contribution in [-0.2, 0) is 4.79 Å². The van der Waals surface area contributed by atoms with Crippen LogP contribution in [0.3, 0.4) is 0 Å². The molecule has 0 aliphatic carbocycles. The van der Waals surface area contributed by atoms with Crippen molar-refractivity contribution >= 4 is 18.4 Å². The Balaban J connectivity index is 0. The third kappa shape index (κ3) is 5.81. The third-order valence-electron chi connectivity index (χ3n) is 0.866. The largest absolute Gasteiger partial charge is 0.480 e. The van der Waals surface area contributed by atoms with Crippen LogP contribution in [-0.4, -0.2) is 23.7 Å². The molecule has 0 rings (SSSR count). The van der Waals surface area contributed by atoms with E-state index in [9.17, 15) is 4.79 Å². The molecule has 0 saturated carbocycles. The van der Waals surface area contributed by atoms with Crippen molar-refractivity contribution in [3.05, 3.63) is 0 Å². The van der Waals surface area contributed by atoms with E-state index in [2.05, 4.69) is 10.9 Å². The molecule has 0 heterocycles. The van der Waals surface area contributed by atoms with Crippen molar-refractivity contribution in [2.75, 3.05) is 6.54 Å². The van der Waals surface area contributed by atoms with Crippen LogP contribution in [0.15, 0.2) is 0 Å². The molecule has 4 nitrogen and oxygen atoms in total. The lowest BCUT2D eigenvalue weighted by atomic mass is 10.4. The predicted molar refractivity (Wildman–Crippen MR) is 41.2 cm³/mol. The smallest absolute Gasteiger partial charge is 0.321 e. The van der Waals surface area contributed by atoms with Gasteiger partial charge in [-0.2, -0.15) is 0 Å². The molecule has 0 aliphatic heterocycles. The summed E-state index contributed by atoms with van der Waals surface area (Å²) in [7, 11) is 0. The van der Waals surface area contributed by atoms with Gasteiger partial charge in [0.2, 0.25) is 0 Å². The molecule has 0 amide bonds. The first-order chi connectivity index (χ1) is 4.18. The summed E-state index contributed by atoms with van der Waals surface area (Å²) in [5.74, 6) is -0.851. The van der Waals surface area contributed by atoms with Gasteiger partial charge in [-0.15, -0.1) is 12.4 Å². The van der Waals surface area contributed by atoms with Crippen molar-refractivity contribution in [1.29, 1.82) is 0 Å². The number of nitrogens with one attached hydrogen (secondary N) is 2. The summed E-state index contributed by atoms with van der Waals surface area (Å²) in [5.41, 5.74) is 5.28. The molecule has 1 atom stereocenters. The van der Waals surface area contributed by atoms with E-state index < -0.39 is 12.0 Å². The first kappa shape index (κ1) is 12.4. The van der Waals surface area contributed by atoms with Gasteiger partial charge in [0.1, 0.15) is 6.04 Å². The number of carboxylic acid groups (broad SMARTS) is 1. The van der Waals surface area contributed by atoms with Gasteiger partial charge in [-0.1, -0.05) is 6.92 Å². The molecule has 0 spiro atoms. The van der Waals surface area contributed by atoms with Crippen LogP contribution >= 0.6 is 12.4 Å². The molecular formula is C5H13ClN2O2. The highest BCUT2D eigenvalue weighted by molar-refractivity contribution is 5.85. The molecule has 5 heteroatoms. The van der Waals surface area contributed by atoms with Crippen LogP contribution in [0, 0.1) is 0 Å². The second kappa shape index (κ2) is 6.80. The quantitative estimate of drug-likeness (QED) is 0.517. The number of hydrazine groups is 1. The SMILES string of the molecule is CCNNC(C)C(=O)O.Cl. The molecule has 0 aromatic heterocycles. The Kier molecular flexibility index (Phi) is 8.40. The van der Waals surface area contributed by atoms with Crippen molar-refractivity contribution < 1.29 is 9.90 Å². The van der Waals surface area contributed by atoms with E-state index in [-0.39, 0.29) is 12.4 Å². The van der Waals surface area contributed by atoms with Gasteiger partial charge in [0, 0.05) is 6.54 Å². The number of halogens is 1. The molecule has 0 aromatic carbocycles. The molecule has 0 aromatic rings. The second-order valence-electron chi connectivity index (χ2n) is 1.73. The lowest BCUT2D eigenvalue weighted by Crippen LogP contribution is -2.43. The van der Waals surface area contributed by atoms with Crippen molar-refractivity contribution in [2.45, 2.75) is 19.9 Å². The molecule has 0 radical (unpaired) electrons. The molecular weight excluding hydrogens is 156 g/mol. The summed E-state index contributed by atoms with van der Waals surface area (Å²) in [6.45, 7) is 4.18. The number of rotatable bonds is 4. The summed E-state index contributed by atoms with van der Waals surface area (Å²) in [6, 6.07) is -0.523. The number of hydrogen-bond donors (Lipinski definition) is 3. The summed E-state index contributed by atoms with van der Waals surface area (Å²) >= 11 is 0. The fraction of sp³-hybridized carbons (Fsp3) is 0.800. The van der Waals surface area contributed by atoms with Crippen LogP contribution in [0.4, 0.5) is 0 Å². The average molecular weight is 169 g/mol. The molecule has 0 saturated heterocycles. The maximum Gasteiger partial charge on any atom is 0.321 e. The standard InChI is InChI=1S/C5H12N2O2.ClH/c1-3-6-7-4(2)5(8)9;/h4,6-7H,3H2,1-2H3,(H,8,9);1H. The molecule has 1 unspecified atom stereocenters. The summed E-state index contributed by atoms with van der Waals surface area (Å²) < 4.78 is 0. The van der Waals surface area contributed by atoms with Crippen LogP contribution < -0.4 is 10.9 Å². The molecule has 0 aliphatic rings. The van der Waals surface area contributed by atoms with Gasteiger partial charge in [-0.25, -0.2) is 5.43 Å². The average Bonchev–Trinajstić information content (AvgIpc) is 1.82. The highest BCUT2D eigenvalue weighted by atomic mass is 35.5. The van der Waals surface area contributed by atoms with E-state index in [1.54, 1.807) is 6.92 Å². The number of carboxylic acids is 1.